The minimum atomic E-state index is -1.33. The van der Waals surface area contributed by atoms with Crippen LogP contribution in [0.5, 0.6) is 0 Å². The normalized spacial score (nSPS) is 25.1. The van der Waals surface area contributed by atoms with Gasteiger partial charge in [0.15, 0.2) is 0 Å². The minimum Gasteiger partial charge on any atom is -0.358 e. The summed E-state index contributed by atoms with van der Waals surface area (Å²) in [5.41, 5.74) is -0.808. The summed E-state index contributed by atoms with van der Waals surface area (Å²) in [5.74, 6) is -1.33. The van der Waals surface area contributed by atoms with Gasteiger partial charge in [-0.3, -0.25) is 4.99 Å². The second-order valence-corrected chi connectivity index (χ2v) is 11.7. The Morgan fingerprint density at radius 1 is 0.510 bits per heavy atom. The Kier molecular flexibility index (Phi) is 3.78. The first-order valence-corrected chi connectivity index (χ1v) is 15.6. The Bertz CT molecular complexity index is 3590. The number of benzene rings is 4. The van der Waals surface area contributed by atoms with Gasteiger partial charge in [-0.15, -0.1) is 0 Å². The summed E-state index contributed by atoms with van der Waals surface area (Å²) in [6.45, 7) is 0. The van der Waals surface area contributed by atoms with E-state index in [9.17, 15) is 0 Å². The van der Waals surface area contributed by atoms with E-state index in [1.807, 2.05) is 0 Å². The molecule has 49 heavy (non-hydrogen) atoms. The van der Waals surface area contributed by atoms with Crippen LogP contribution in [0.3, 0.4) is 0 Å². The summed E-state index contributed by atoms with van der Waals surface area (Å²) in [5, 5.41) is 0.168. The zero-order chi connectivity index (χ0) is 50.1. The standard InChI is InChI=1S/C44H31BrN4/c45-43-32-27-46-44(43)42(31-19-11-4-12-20-31)38-26-25-37(49-38)41(30-17-9-3-10-18-30)36-24-23-35(48-36)40(29-15-7-2-8-16-29)34-22-21-33(47-34)39(32)28-13-5-1-6-14-28/h1-27,39,47-49H/b40-35-,41-36-,44-42+/t39-/m1/s1/i1D,2D,3D,4D,5D,6D,7D,8D,9D,10D,11D,12D,13D,14D,15D,16D,17D,18D,19D,20D. The van der Waals surface area contributed by atoms with Crippen molar-refractivity contribution in [2.75, 3.05) is 0 Å². The highest BCUT2D eigenvalue weighted by molar-refractivity contribution is 9.12. The van der Waals surface area contributed by atoms with E-state index in [1.54, 1.807) is 0 Å². The van der Waals surface area contributed by atoms with Crippen LogP contribution in [-0.2, 0) is 0 Å². The van der Waals surface area contributed by atoms with Crippen LogP contribution >= 0.6 is 15.9 Å². The van der Waals surface area contributed by atoms with Gasteiger partial charge in [0.05, 0.1) is 39.0 Å². The molecule has 5 heteroatoms. The van der Waals surface area contributed by atoms with Gasteiger partial charge >= 0.3 is 0 Å². The summed E-state index contributed by atoms with van der Waals surface area (Å²) in [7, 11) is 0. The van der Waals surface area contributed by atoms with Crippen molar-refractivity contribution in [3.05, 3.63) is 229 Å². The molecule has 7 aromatic rings. The summed E-state index contributed by atoms with van der Waals surface area (Å²) >= 11 is 3.65. The number of fused-ring (bicyclic) bond motifs is 7. The van der Waals surface area contributed by atoms with Crippen LogP contribution in [0.4, 0.5) is 0 Å². The number of aliphatic imine (C=N–C) groups is 1. The van der Waals surface area contributed by atoms with Crippen LogP contribution < -0.4 is 10.7 Å². The molecular weight excluding hydrogens is 664 g/mol. The van der Waals surface area contributed by atoms with Crippen molar-refractivity contribution in [2.45, 2.75) is 5.92 Å². The van der Waals surface area contributed by atoms with Crippen LogP contribution in [-0.4, -0.2) is 21.2 Å². The monoisotopic (exact) mass is 714 g/mol. The van der Waals surface area contributed by atoms with Crippen LogP contribution in [0.2, 0.25) is 0 Å². The molecule has 4 aromatic carbocycles. The molecule has 0 amide bonds. The predicted octanol–water partition coefficient (Wildman–Crippen LogP) is 8.80. The number of aromatic amines is 3. The first-order valence-electron chi connectivity index (χ1n) is 24.8. The SMILES string of the molecule is [2H]c1c([2H])c([2H])c(/C2=c3\cc/c([nH]3)=C(\c3c([2H])c([2H])c([2H])c([2H])c3[2H])c3ccc([nH]3)[C@H](c3c([2H])c([2H])c([2H])c([2H])c3[2H])C3=C(Br)/C(=C(/c4c([2H])c([2H])c([2H])c([2H])c4[2H])c4ccc2[nH]4)N=C3)c([2H])c1[2H]. The van der Waals surface area contributed by atoms with Gasteiger partial charge in [0.2, 0.25) is 0 Å². The van der Waals surface area contributed by atoms with E-state index >= 15 is 0 Å². The van der Waals surface area contributed by atoms with E-state index in [1.165, 1.54) is 42.6 Å². The quantitative estimate of drug-likeness (QED) is 0.163. The van der Waals surface area contributed by atoms with E-state index in [0.717, 1.165) is 0 Å². The molecule has 0 aliphatic carbocycles. The van der Waals surface area contributed by atoms with Crippen molar-refractivity contribution < 1.29 is 27.4 Å². The molecule has 0 radical (unpaired) electrons. The Morgan fingerprint density at radius 2 is 0.980 bits per heavy atom. The predicted molar refractivity (Wildman–Crippen MR) is 203 cm³/mol. The average molecular weight is 716 g/mol. The Hall–Kier alpha value is -5.91. The number of nitrogens with zero attached hydrogens (tertiary/aromatic N) is 1. The van der Waals surface area contributed by atoms with E-state index in [-0.39, 0.29) is 88.2 Å². The Balaban J connectivity index is 1.54. The van der Waals surface area contributed by atoms with Gasteiger partial charge in [0.25, 0.3) is 0 Å². The molecule has 4 nitrogen and oxygen atoms in total. The summed E-state index contributed by atoms with van der Waals surface area (Å²) in [4.78, 5) is 14.4. The van der Waals surface area contributed by atoms with Gasteiger partial charge in [-0.2, -0.15) is 0 Å². The lowest BCUT2D eigenvalue weighted by Crippen LogP contribution is -2.17. The molecule has 1 atom stereocenters. The molecule has 3 N–H and O–H groups in total. The van der Waals surface area contributed by atoms with Crippen LogP contribution in [0.15, 0.2) is 178 Å². The Morgan fingerprint density at radius 3 is 1.55 bits per heavy atom. The highest BCUT2D eigenvalue weighted by atomic mass is 79.9. The van der Waals surface area contributed by atoms with Crippen molar-refractivity contribution in [1.29, 1.82) is 0 Å². The molecule has 234 valence electrons. The van der Waals surface area contributed by atoms with E-state index < -0.39 is 127 Å². The van der Waals surface area contributed by atoms with E-state index in [2.05, 4.69) is 30.9 Å². The van der Waals surface area contributed by atoms with Crippen molar-refractivity contribution in [1.82, 2.24) is 15.0 Å². The number of nitrogens with one attached hydrogen (secondary N) is 3. The molecule has 0 saturated heterocycles. The highest BCUT2D eigenvalue weighted by Crippen LogP contribution is 2.44. The third-order valence-corrected chi connectivity index (χ3v) is 8.97. The van der Waals surface area contributed by atoms with Crippen LogP contribution in [0, 0.1) is 0 Å². The maximum atomic E-state index is 9.13. The molecule has 3 aromatic heterocycles. The third-order valence-electron chi connectivity index (χ3n) is 8.14. The summed E-state index contributed by atoms with van der Waals surface area (Å²) in [6, 6.07) is -4.04. The largest absolute Gasteiger partial charge is 0.358 e. The molecule has 2 aliphatic heterocycles. The minimum absolute atomic E-state index is 0.0128. The molecule has 9 rings (SSSR count). The van der Waals surface area contributed by atoms with Gasteiger partial charge in [-0.05, 0) is 74.6 Å². The van der Waals surface area contributed by atoms with E-state index in [4.69, 9.17) is 32.4 Å². The fraction of sp³-hybridized carbons (Fsp3) is 0.0227. The first-order chi connectivity index (χ1) is 32.5. The number of aromatic nitrogens is 3. The van der Waals surface area contributed by atoms with E-state index in [0.29, 0.717) is 0 Å². The van der Waals surface area contributed by atoms with Crippen molar-refractivity contribution in [2.24, 2.45) is 4.99 Å². The van der Waals surface area contributed by atoms with Gasteiger partial charge in [-0.25, -0.2) is 0 Å². The second-order valence-electron chi connectivity index (χ2n) is 10.9. The summed E-state index contributed by atoms with van der Waals surface area (Å²) in [6.07, 6.45) is 1.32. The van der Waals surface area contributed by atoms with Crippen molar-refractivity contribution in [3.63, 3.8) is 0 Å². The number of allylic oxidation sites excluding steroid dienone is 2. The lowest BCUT2D eigenvalue weighted by molar-refractivity contribution is 0.946. The number of hydrogen-bond acceptors (Lipinski definition) is 1. The molecular formula is C44H31BrN4. The fourth-order valence-corrected chi connectivity index (χ4v) is 6.71. The molecule has 0 saturated carbocycles. The van der Waals surface area contributed by atoms with Crippen LogP contribution in [0.1, 0.15) is 78.4 Å². The topological polar surface area (TPSA) is 59.7 Å². The first kappa shape index (κ1) is 15.1. The fourth-order valence-electron chi connectivity index (χ4n) is 6.08. The maximum Gasteiger partial charge on any atom is 0.0874 e. The highest BCUT2D eigenvalue weighted by Gasteiger charge is 2.29. The van der Waals surface area contributed by atoms with Gasteiger partial charge in [0.1, 0.15) is 0 Å². The average Bonchev–Trinajstić information content (AvgIpc) is 4.18. The number of hydrogen-bond donors (Lipinski definition) is 3. The molecule has 5 heterocycles. The lowest BCUT2D eigenvalue weighted by atomic mass is 9.88. The van der Waals surface area contributed by atoms with Gasteiger partial charge < -0.3 is 15.0 Å². The molecule has 2 aliphatic rings. The third kappa shape index (κ3) is 5.20. The van der Waals surface area contributed by atoms with Crippen molar-refractivity contribution >= 4 is 38.9 Å². The number of rotatable bonds is 4. The lowest BCUT2D eigenvalue weighted by Gasteiger charge is -2.18. The van der Waals surface area contributed by atoms with Crippen molar-refractivity contribution in [3.8, 4) is 0 Å². The number of H-pyrrole nitrogens is 3. The number of halogens is 1. The maximum absolute atomic E-state index is 9.13. The zero-order valence-corrected chi connectivity index (χ0v) is 26.5. The molecule has 0 fully saturated rings. The molecule has 8 bridgehead atoms. The van der Waals surface area contributed by atoms with Crippen LogP contribution in [0.25, 0.3) is 16.7 Å². The molecule has 0 spiro atoms. The second kappa shape index (κ2) is 12.3. The van der Waals surface area contributed by atoms with Gasteiger partial charge in [0, 0.05) is 66.5 Å². The Labute approximate surface area is 320 Å². The van der Waals surface area contributed by atoms with Gasteiger partial charge in [-0.1, -0.05) is 121 Å². The molecule has 0 unspecified atom stereocenters. The smallest absolute Gasteiger partial charge is 0.0874 e. The summed E-state index contributed by atoms with van der Waals surface area (Å²) < 4.78 is 175. The zero-order valence-electron chi connectivity index (χ0n) is 44.9.